The maximum absolute atomic E-state index is 4.53. The van der Waals surface area contributed by atoms with Gasteiger partial charge in [-0.25, -0.2) is 29.9 Å². The Hall–Kier alpha value is -5.10. The molecule has 7 aromatic rings. The van der Waals surface area contributed by atoms with Crippen molar-refractivity contribution in [2.24, 2.45) is 0 Å². The van der Waals surface area contributed by atoms with Crippen LogP contribution in [0.25, 0.3) is 66.2 Å². The molecule has 0 aliphatic heterocycles. The van der Waals surface area contributed by atoms with Gasteiger partial charge < -0.3 is 0 Å². The van der Waals surface area contributed by atoms with Gasteiger partial charge in [0.25, 0.3) is 0 Å². The highest BCUT2D eigenvalue weighted by Crippen LogP contribution is 2.43. The molecule has 0 N–H and O–H groups in total. The number of nitrogens with zero attached hydrogens (tertiary/aromatic N) is 6. The maximum atomic E-state index is 4.53. The number of hydrogen-bond donors (Lipinski definition) is 0. The molecule has 0 bridgehead atoms. The molecule has 0 aliphatic rings. The van der Waals surface area contributed by atoms with Gasteiger partial charge in [0, 0.05) is 11.1 Å². The van der Waals surface area contributed by atoms with E-state index in [1.165, 1.54) is 36.1 Å². The Morgan fingerprint density at radius 2 is 0.889 bits per heavy atom. The van der Waals surface area contributed by atoms with E-state index in [0.29, 0.717) is 11.6 Å². The van der Waals surface area contributed by atoms with Gasteiger partial charge in [-0.15, -0.1) is 0 Å². The average molecular weight is 463 g/mol. The first-order valence-corrected chi connectivity index (χ1v) is 11.6. The smallest absolute Gasteiger partial charge is 0.163 e. The van der Waals surface area contributed by atoms with Crippen molar-refractivity contribution in [2.75, 3.05) is 0 Å². The minimum Gasteiger partial charge on any atom is -0.225 e. The summed E-state index contributed by atoms with van der Waals surface area (Å²) in [5, 5.41) is 6.54. The standard InChI is InChI=1S/C30H18N6/c1-2-6-20-13-21(10-9-19(20)5-1)22-11-12-25-26(14-22)28(30-35-17-32-18-36-30)24-8-4-3-7-23(24)27(25)29-33-15-31-16-34-29/h1-18H. The Labute approximate surface area is 206 Å². The molecule has 0 atom stereocenters. The maximum Gasteiger partial charge on any atom is 0.163 e. The molecule has 0 aliphatic carbocycles. The van der Waals surface area contributed by atoms with Gasteiger partial charge in [0.1, 0.15) is 25.3 Å². The summed E-state index contributed by atoms with van der Waals surface area (Å²) in [6.07, 6.45) is 6.14. The van der Waals surface area contributed by atoms with E-state index < -0.39 is 0 Å². The monoisotopic (exact) mass is 462 g/mol. The molecule has 0 radical (unpaired) electrons. The Kier molecular flexibility index (Phi) is 4.67. The summed E-state index contributed by atoms with van der Waals surface area (Å²) < 4.78 is 0. The molecule has 6 nitrogen and oxygen atoms in total. The molecular formula is C30H18N6. The van der Waals surface area contributed by atoms with Crippen LogP contribution in [0.1, 0.15) is 0 Å². The summed E-state index contributed by atoms with van der Waals surface area (Å²) in [5.74, 6) is 1.26. The van der Waals surface area contributed by atoms with Gasteiger partial charge in [-0.05, 0) is 55.6 Å². The lowest BCUT2D eigenvalue weighted by Crippen LogP contribution is -1.97. The highest BCUT2D eigenvalue weighted by molar-refractivity contribution is 6.20. The summed E-state index contributed by atoms with van der Waals surface area (Å²) in [5.41, 5.74) is 4.18. The lowest BCUT2D eigenvalue weighted by molar-refractivity contribution is 1.06. The van der Waals surface area contributed by atoms with E-state index in [4.69, 9.17) is 0 Å². The molecule has 7 rings (SSSR count). The average Bonchev–Trinajstić information content (AvgIpc) is 2.96. The minimum absolute atomic E-state index is 0.629. The molecule has 5 aromatic carbocycles. The fraction of sp³-hybridized carbons (Fsp3) is 0. The summed E-state index contributed by atoms with van der Waals surface area (Å²) >= 11 is 0. The lowest BCUT2D eigenvalue weighted by Gasteiger charge is -2.16. The van der Waals surface area contributed by atoms with E-state index in [-0.39, 0.29) is 0 Å². The van der Waals surface area contributed by atoms with Gasteiger partial charge in [-0.1, -0.05) is 72.8 Å². The minimum atomic E-state index is 0.629. The van der Waals surface area contributed by atoms with Gasteiger partial charge in [-0.3, -0.25) is 0 Å². The van der Waals surface area contributed by atoms with Crippen molar-refractivity contribution in [2.45, 2.75) is 0 Å². The van der Waals surface area contributed by atoms with Gasteiger partial charge in [0.2, 0.25) is 0 Å². The number of aromatic nitrogens is 6. The van der Waals surface area contributed by atoms with Crippen LogP contribution in [-0.4, -0.2) is 29.9 Å². The second kappa shape index (κ2) is 8.29. The van der Waals surface area contributed by atoms with E-state index in [1.807, 2.05) is 12.1 Å². The molecule has 0 spiro atoms. The lowest BCUT2D eigenvalue weighted by atomic mass is 9.89. The van der Waals surface area contributed by atoms with Crippen LogP contribution in [0.2, 0.25) is 0 Å². The van der Waals surface area contributed by atoms with Crippen molar-refractivity contribution in [3.63, 3.8) is 0 Å². The molecule has 0 amide bonds. The van der Waals surface area contributed by atoms with Crippen molar-refractivity contribution in [1.29, 1.82) is 0 Å². The predicted octanol–water partition coefficient (Wildman–Crippen LogP) is 6.52. The third kappa shape index (κ3) is 3.27. The van der Waals surface area contributed by atoms with Crippen molar-refractivity contribution >= 4 is 32.3 Å². The van der Waals surface area contributed by atoms with Crippen molar-refractivity contribution in [3.8, 4) is 33.9 Å². The van der Waals surface area contributed by atoms with Crippen LogP contribution >= 0.6 is 0 Å². The van der Waals surface area contributed by atoms with Crippen LogP contribution < -0.4 is 0 Å². The number of rotatable bonds is 3. The zero-order valence-electron chi connectivity index (χ0n) is 19.1. The second-order valence-electron chi connectivity index (χ2n) is 8.54. The van der Waals surface area contributed by atoms with E-state index in [9.17, 15) is 0 Å². The fourth-order valence-electron chi connectivity index (χ4n) is 4.95. The first kappa shape index (κ1) is 20.3. The molecule has 2 aromatic heterocycles. The van der Waals surface area contributed by atoms with E-state index in [2.05, 4.69) is 103 Å². The second-order valence-corrected chi connectivity index (χ2v) is 8.54. The van der Waals surface area contributed by atoms with Gasteiger partial charge >= 0.3 is 0 Å². The Balaban J connectivity index is 1.60. The normalized spacial score (nSPS) is 11.3. The molecule has 0 fully saturated rings. The summed E-state index contributed by atoms with van der Waals surface area (Å²) in [7, 11) is 0. The Bertz CT molecular complexity index is 1890. The molecule has 2 heterocycles. The molecule has 0 saturated carbocycles. The van der Waals surface area contributed by atoms with Crippen LogP contribution in [0.3, 0.4) is 0 Å². The third-order valence-electron chi connectivity index (χ3n) is 6.54. The SMILES string of the molecule is c1ccc2cc(-c3ccc4c(-c5ncncn5)c5ccccc5c(-c5ncncn5)c4c3)ccc2c1. The molecule has 36 heavy (non-hydrogen) atoms. The zero-order valence-corrected chi connectivity index (χ0v) is 19.1. The van der Waals surface area contributed by atoms with Crippen LogP contribution in [0, 0.1) is 0 Å². The van der Waals surface area contributed by atoms with E-state index in [1.54, 1.807) is 0 Å². The van der Waals surface area contributed by atoms with Gasteiger partial charge in [-0.2, -0.15) is 0 Å². The number of fused-ring (bicyclic) bond motifs is 3. The topological polar surface area (TPSA) is 77.3 Å². The van der Waals surface area contributed by atoms with Crippen molar-refractivity contribution < 1.29 is 0 Å². The fourth-order valence-corrected chi connectivity index (χ4v) is 4.95. The summed E-state index contributed by atoms with van der Waals surface area (Å²) in [6, 6.07) is 29.7. The van der Waals surface area contributed by atoms with Crippen LogP contribution in [0.4, 0.5) is 0 Å². The Morgan fingerprint density at radius 1 is 0.389 bits per heavy atom. The summed E-state index contributed by atoms with van der Waals surface area (Å²) in [4.78, 5) is 26.1. The molecule has 0 unspecified atom stereocenters. The quantitative estimate of drug-likeness (QED) is 0.278. The molecular weight excluding hydrogens is 444 g/mol. The molecule has 168 valence electrons. The molecule has 0 saturated heterocycles. The van der Waals surface area contributed by atoms with E-state index >= 15 is 0 Å². The van der Waals surface area contributed by atoms with Gasteiger partial charge in [0.15, 0.2) is 11.6 Å². The van der Waals surface area contributed by atoms with E-state index in [0.717, 1.165) is 43.8 Å². The first-order chi connectivity index (χ1) is 17.9. The van der Waals surface area contributed by atoms with Crippen LogP contribution in [0.15, 0.2) is 110 Å². The predicted molar refractivity (Wildman–Crippen MR) is 142 cm³/mol. The number of hydrogen-bond acceptors (Lipinski definition) is 6. The van der Waals surface area contributed by atoms with Gasteiger partial charge in [0.05, 0.1) is 0 Å². The van der Waals surface area contributed by atoms with Crippen LogP contribution in [0.5, 0.6) is 0 Å². The van der Waals surface area contributed by atoms with Crippen molar-refractivity contribution in [1.82, 2.24) is 29.9 Å². The zero-order chi connectivity index (χ0) is 23.9. The number of benzene rings is 5. The molecule has 6 heteroatoms. The Morgan fingerprint density at radius 3 is 1.56 bits per heavy atom. The first-order valence-electron chi connectivity index (χ1n) is 11.6. The van der Waals surface area contributed by atoms with Crippen LogP contribution in [-0.2, 0) is 0 Å². The summed E-state index contributed by atoms with van der Waals surface area (Å²) in [6.45, 7) is 0. The highest BCUT2D eigenvalue weighted by Gasteiger charge is 2.20. The third-order valence-corrected chi connectivity index (χ3v) is 6.54. The van der Waals surface area contributed by atoms with Crippen molar-refractivity contribution in [3.05, 3.63) is 110 Å². The largest absolute Gasteiger partial charge is 0.225 e. The highest BCUT2D eigenvalue weighted by atomic mass is 15.0.